The molecule has 96 valence electrons. The Bertz CT molecular complexity index is 225. The van der Waals surface area contributed by atoms with Gasteiger partial charge in [0.15, 0.2) is 6.10 Å². The number of aliphatic hydroxyl groups excluding tert-OH is 3. The largest absolute Gasteiger partial charge is 0.467 e. The molecule has 0 aromatic carbocycles. The molecule has 7 heteroatoms. The van der Waals surface area contributed by atoms with Gasteiger partial charge in [0.05, 0.1) is 28.3 Å². The maximum absolute atomic E-state index is 11.3. The van der Waals surface area contributed by atoms with E-state index in [0.29, 0.717) is 0 Å². The summed E-state index contributed by atoms with van der Waals surface area (Å²) in [6, 6.07) is 0. The smallest absolute Gasteiger partial charge is 0.337 e. The van der Waals surface area contributed by atoms with E-state index in [9.17, 15) is 15.0 Å². The summed E-state index contributed by atoms with van der Waals surface area (Å²) in [5.41, 5.74) is 0. The Morgan fingerprint density at radius 2 is 2.06 bits per heavy atom. The minimum absolute atomic E-state index is 0.286. The second-order valence-corrected chi connectivity index (χ2v) is 2.92. The van der Waals surface area contributed by atoms with Crippen molar-refractivity contribution < 1.29 is 35.7 Å². The lowest BCUT2D eigenvalue weighted by atomic mass is 10.1. The number of hydrogen-bond acceptors (Lipinski definition) is 7. The molecule has 16 heavy (non-hydrogen) atoms. The fourth-order valence-electron chi connectivity index (χ4n) is 0.943. The number of carbonyl (C=O) groups excluding carboxylic acids is 1. The molecule has 0 bridgehead atoms. The van der Waals surface area contributed by atoms with Crippen LogP contribution < -0.4 is 0 Å². The Balaban J connectivity index is 4.48. The molecule has 0 amide bonds. The number of rotatable bonds is 8. The van der Waals surface area contributed by atoms with Crippen LogP contribution >= 0.6 is 0 Å². The first-order chi connectivity index (χ1) is 7.97. The van der Waals surface area contributed by atoms with E-state index in [4.69, 9.17) is 11.2 Å². The highest BCUT2D eigenvalue weighted by atomic mass is 16.6. The summed E-state index contributed by atoms with van der Waals surface area (Å²) in [6.07, 6.45) is -4.66. The second kappa shape index (κ2) is 8.43. The molecule has 0 spiro atoms. The van der Waals surface area contributed by atoms with Crippen molar-refractivity contribution in [2.45, 2.75) is 18.3 Å². The van der Waals surface area contributed by atoms with Crippen molar-refractivity contribution in [3.63, 3.8) is 0 Å². The number of esters is 1. The Morgan fingerprint density at radius 1 is 1.44 bits per heavy atom. The molecule has 0 aromatic heterocycles. The van der Waals surface area contributed by atoms with Gasteiger partial charge in [-0.2, -0.15) is 0 Å². The average molecular weight is 239 g/mol. The highest BCUT2D eigenvalue weighted by Crippen LogP contribution is 2.06. The molecule has 0 aliphatic carbocycles. The van der Waals surface area contributed by atoms with Gasteiger partial charge in [0, 0.05) is 7.11 Å². The number of hydrogen-bond donors (Lipinski definition) is 3. The van der Waals surface area contributed by atoms with Crippen molar-refractivity contribution in [3.05, 3.63) is 0 Å². The van der Waals surface area contributed by atoms with Crippen molar-refractivity contribution in [3.8, 4) is 0 Å². The molecule has 0 radical (unpaired) electrons. The molecule has 0 fully saturated rings. The zero-order chi connectivity index (χ0) is 13.4. The number of ether oxygens (including phenoxy) is 3. The second-order valence-electron chi connectivity index (χ2n) is 2.92. The topological polar surface area (TPSA) is 105 Å². The quantitative estimate of drug-likeness (QED) is 0.417. The lowest BCUT2D eigenvalue weighted by Gasteiger charge is -2.23. The standard InChI is InChI=1S/C9H18O7/c1-14-3-4-16-8(9(13)15-2)7(12)6(11)5-10/h6-8,10-12H,3-5H2,1-2H3/t6-,7-,8-/m1/s1/i3D/t3?,6-,7-,8-. The molecule has 0 saturated heterocycles. The molecule has 0 aliphatic heterocycles. The minimum atomic E-state index is -1.64. The van der Waals surface area contributed by atoms with Gasteiger partial charge in [-0.1, -0.05) is 0 Å². The molecule has 3 N–H and O–H groups in total. The van der Waals surface area contributed by atoms with Gasteiger partial charge in [-0.15, -0.1) is 0 Å². The van der Waals surface area contributed by atoms with Crippen LogP contribution in [0.15, 0.2) is 0 Å². The van der Waals surface area contributed by atoms with Gasteiger partial charge in [-0.05, 0) is 0 Å². The molecular weight excluding hydrogens is 220 g/mol. The normalized spacial score (nSPS) is 19.4. The first kappa shape index (κ1) is 13.3. The summed E-state index contributed by atoms with van der Waals surface area (Å²) in [5.74, 6) is -0.909. The molecule has 0 saturated carbocycles. The monoisotopic (exact) mass is 239 g/mol. The third-order valence-corrected chi connectivity index (χ3v) is 1.84. The summed E-state index contributed by atoms with van der Waals surface area (Å²) in [7, 11) is 2.37. The van der Waals surface area contributed by atoms with Crippen LogP contribution in [0.4, 0.5) is 0 Å². The first-order valence-electron chi connectivity index (χ1n) is 5.17. The zero-order valence-corrected chi connectivity index (χ0v) is 9.20. The third kappa shape index (κ3) is 4.86. The van der Waals surface area contributed by atoms with Crippen molar-refractivity contribution in [1.82, 2.24) is 0 Å². The highest BCUT2D eigenvalue weighted by molar-refractivity contribution is 5.75. The lowest BCUT2D eigenvalue weighted by molar-refractivity contribution is -0.171. The Morgan fingerprint density at radius 3 is 2.50 bits per heavy atom. The molecule has 0 heterocycles. The molecule has 0 rings (SSSR count). The maximum Gasteiger partial charge on any atom is 0.337 e. The zero-order valence-electron chi connectivity index (χ0n) is 10.2. The SMILES string of the molecule is [2H]C(CO[C@@H](C(=O)OC)[C@H](O)[C@H](O)CO)OC. The molecule has 0 aromatic rings. The van der Waals surface area contributed by atoms with Crippen LogP contribution in [0.3, 0.4) is 0 Å². The lowest BCUT2D eigenvalue weighted by Crippen LogP contribution is -2.46. The van der Waals surface area contributed by atoms with Crippen LogP contribution in [0.1, 0.15) is 1.37 Å². The summed E-state index contributed by atoms with van der Waals surface area (Å²) in [4.78, 5) is 11.3. The van der Waals surface area contributed by atoms with Gasteiger partial charge in [0.1, 0.15) is 12.2 Å². The minimum Gasteiger partial charge on any atom is -0.467 e. The summed E-state index contributed by atoms with van der Waals surface area (Å²) in [5, 5.41) is 27.4. The van der Waals surface area contributed by atoms with Crippen LogP contribution in [0.5, 0.6) is 0 Å². The van der Waals surface area contributed by atoms with E-state index in [0.717, 1.165) is 7.11 Å². The highest BCUT2D eigenvalue weighted by Gasteiger charge is 2.33. The fraction of sp³-hybridized carbons (Fsp3) is 0.889. The van der Waals surface area contributed by atoms with Crippen LogP contribution in [-0.2, 0) is 19.0 Å². The Kier molecular flexibility index (Phi) is 7.02. The van der Waals surface area contributed by atoms with Gasteiger partial charge in [-0.3, -0.25) is 0 Å². The fourth-order valence-corrected chi connectivity index (χ4v) is 0.943. The van der Waals surface area contributed by atoms with E-state index >= 15 is 0 Å². The van der Waals surface area contributed by atoms with Crippen LogP contribution in [0.2, 0.25) is 0 Å². The molecule has 0 aliphatic rings. The van der Waals surface area contributed by atoms with Crippen LogP contribution in [0, 0.1) is 0 Å². The van der Waals surface area contributed by atoms with E-state index in [2.05, 4.69) is 9.47 Å². The Labute approximate surface area is 94.9 Å². The van der Waals surface area contributed by atoms with Crippen molar-refractivity contribution in [2.24, 2.45) is 0 Å². The van der Waals surface area contributed by atoms with Crippen LogP contribution in [0.25, 0.3) is 0 Å². The predicted molar refractivity (Wildman–Crippen MR) is 52.7 cm³/mol. The summed E-state index contributed by atoms with van der Waals surface area (Å²) in [6.45, 7) is -2.04. The molecule has 1 unspecified atom stereocenters. The van der Waals surface area contributed by atoms with E-state index in [-0.39, 0.29) is 6.61 Å². The molecule has 4 atom stereocenters. The van der Waals surface area contributed by atoms with Gasteiger partial charge in [0.2, 0.25) is 0 Å². The van der Waals surface area contributed by atoms with Crippen molar-refractivity contribution in [1.29, 1.82) is 0 Å². The van der Waals surface area contributed by atoms with Crippen molar-refractivity contribution in [2.75, 3.05) is 34.0 Å². The predicted octanol–water partition coefficient (Wildman–Crippen LogP) is -2.09. The van der Waals surface area contributed by atoms with Gasteiger partial charge < -0.3 is 29.5 Å². The van der Waals surface area contributed by atoms with E-state index in [1.54, 1.807) is 0 Å². The molecule has 7 nitrogen and oxygen atoms in total. The van der Waals surface area contributed by atoms with E-state index in [1.807, 2.05) is 0 Å². The van der Waals surface area contributed by atoms with E-state index in [1.165, 1.54) is 7.11 Å². The van der Waals surface area contributed by atoms with Crippen molar-refractivity contribution >= 4 is 5.97 Å². The average Bonchev–Trinajstić information content (AvgIpc) is 2.36. The van der Waals surface area contributed by atoms with Gasteiger partial charge in [0.25, 0.3) is 0 Å². The summed E-state index contributed by atoms with van der Waals surface area (Å²) >= 11 is 0. The van der Waals surface area contributed by atoms with Gasteiger partial charge >= 0.3 is 5.97 Å². The third-order valence-electron chi connectivity index (χ3n) is 1.84. The summed E-state index contributed by atoms with van der Waals surface area (Å²) < 4.78 is 21.1. The number of aliphatic hydroxyl groups is 3. The van der Waals surface area contributed by atoms with E-state index < -0.39 is 37.5 Å². The number of methoxy groups -OCH3 is 2. The Hall–Kier alpha value is -0.730. The number of carbonyl (C=O) groups is 1. The van der Waals surface area contributed by atoms with Crippen LogP contribution in [-0.4, -0.2) is 73.6 Å². The first-order valence-corrected chi connectivity index (χ1v) is 4.59. The maximum atomic E-state index is 11.3. The van der Waals surface area contributed by atoms with Gasteiger partial charge in [-0.25, -0.2) is 4.79 Å². The molecular formula is C9H18O7.